The number of carbonyl (C=O) groups excluding carboxylic acids is 2. The lowest BCUT2D eigenvalue weighted by atomic mass is 10.2. The monoisotopic (exact) mass is 350 g/mol. The predicted octanol–water partition coefficient (Wildman–Crippen LogP) is 3.90. The highest BCUT2D eigenvalue weighted by molar-refractivity contribution is 7.16. The lowest BCUT2D eigenvalue weighted by Crippen LogP contribution is -2.11. The molecule has 0 saturated carbocycles. The van der Waals surface area contributed by atoms with Gasteiger partial charge in [-0.2, -0.15) is 0 Å². The van der Waals surface area contributed by atoms with E-state index < -0.39 is 5.97 Å². The van der Waals surface area contributed by atoms with Crippen molar-refractivity contribution >= 4 is 45.6 Å². The van der Waals surface area contributed by atoms with E-state index in [2.05, 4.69) is 10.3 Å². The van der Waals surface area contributed by atoms with Crippen molar-refractivity contribution in [2.45, 2.75) is 27.2 Å². The number of anilines is 1. The van der Waals surface area contributed by atoms with Crippen LogP contribution in [-0.4, -0.2) is 23.5 Å². The van der Waals surface area contributed by atoms with Gasteiger partial charge in [0.2, 0.25) is 5.91 Å². The third kappa shape index (κ3) is 4.74. The molecule has 23 heavy (non-hydrogen) atoms. The molecule has 0 aliphatic carbocycles. The number of aryl methyl sites for hydroxylation is 2. The van der Waals surface area contributed by atoms with Gasteiger partial charge in [0.1, 0.15) is 5.00 Å². The maximum Gasteiger partial charge on any atom is 0.341 e. The fraction of sp³-hybridized carbons (Fsp3) is 0.312. The summed E-state index contributed by atoms with van der Waals surface area (Å²) in [6, 6.07) is 1.77. The molecule has 0 fully saturated rings. The van der Waals surface area contributed by atoms with Crippen molar-refractivity contribution in [3.8, 4) is 0 Å². The Morgan fingerprint density at radius 1 is 1.39 bits per heavy atom. The molecule has 2 aromatic heterocycles. The number of amides is 1. The second-order valence-electron chi connectivity index (χ2n) is 4.64. The van der Waals surface area contributed by atoms with Crippen molar-refractivity contribution < 1.29 is 14.3 Å². The van der Waals surface area contributed by atoms with Gasteiger partial charge in [-0.1, -0.05) is 6.92 Å². The Balaban J connectivity index is 2.11. The van der Waals surface area contributed by atoms with Crippen molar-refractivity contribution in [1.82, 2.24) is 4.98 Å². The molecule has 0 aromatic carbocycles. The van der Waals surface area contributed by atoms with Gasteiger partial charge in [-0.25, -0.2) is 9.78 Å². The maximum absolute atomic E-state index is 12.1. The standard InChI is InChI=1S/C16H18N2O3S2/c1-4-12-8-13(16(20)21-5-2)15(23-12)18-14(19)7-6-11-9-22-10(3)17-11/h6-9H,4-5H2,1-3H3,(H,18,19)/b7-6+. The number of nitrogens with one attached hydrogen (secondary N) is 1. The smallest absolute Gasteiger partial charge is 0.341 e. The fourth-order valence-corrected chi connectivity index (χ4v) is 3.41. The molecule has 0 radical (unpaired) electrons. The summed E-state index contributed by atoms with van der Waals surface area (Å²) in [4.78, 5) is 29.3. The van der Waals surface area contributed by atoms with Gasteiger partial charge < -0.3 is 10.1 Å². The summed E-state index contributed by atoms with van der Waals surface area (Å²) in [7, 11) is 0. The number of hydrogen-bond donors (Lipinski definition) is 1. The van der Waals surface area contributed by atoms with Crippen LogP contribution in [-0.2, 0) is 16.0 Å². The van der Waals surface area contributed by atoms with E-state index in [0.29, 0.717) is 17.2 Å². The average Bonchev–Trinajstić information content (AvgIpc) is 3.11. The zero-order valence-electron chi connectivity index (χ0n) is 13.2. The Kier molecular flexibility index (Phi) is 6.06. The highest BCUT2D eigenvalue weighted by atomic mass is 32.1. The molecule has 2 heterocycles. The first kappa shape index (κ1) is 17.4. The van der Waals surface area contributed by atoms with Crippen LogP contribution < -0.4 is 5.32 Å². The molecule has 0 spiro atoms. The van der Waals surface area contributed by atoms with Crippen LogP contribution in [0, 0.1) is 6.92 Å². The lowest BCUT2D eigenvalue weighted by molar-refractivity contribution is -0.111. The van der Waals surface area contributed by atoms with Crippen LogP contribution in [0.1, 0.15) is 39.8 Å². The van der Waals surface area contributed by atoms with Gasteiger partial charge in [0.05, 0.1) is 22.9 Å². The van der Waals surface area contributed by atoms with Gasteiger partial charge in [-0.15, -0.1) is 22.7 Å². The SMILES string of the molecule is CCOC(=O)c1cc(CC)sc1NC(=O)/C=C/c1csc(C)n1. The van der Waals surface area contributed by atoms with E-state index in [0.717, 1.165) is 22.0 Å². The quantitative estimate of drug-likeness (QED) is 0.634. The Morgan fingerprint density at radius 3 is 2.78 bits per heavy atom. The van der Waals surface area contributed by atoms with Crippen LogP contribution in [0.4, 0.5) is 5.00 Å². The van der Waals surface area contributed by atoms with Crippen molar-refractivity contribution in [3.63, 3.8) is 0 Å². The summed E-state index contributed by atoms with van der Waals surface area (Å²) in [5.74, 6) is -0.719. The van der Waals surface area contributed by atoms with Crippen LogP contribution in [0.5, 0.6) is 0 Å². The molecule has 2 rings (SSSR count). The second-order valence-corrected chi connectivity index (χ2v) is 6.84. The van der Waals surface area contributed by atoms with Gasteiger partial charge >= 0.3 is 5.97 Å². The molecule has 0 aliphatic rings. The summed E-state index contributed by atoms with van der Waals surface area (Å²) < 4.78 is 5.03. The summed E-state index contributed by atoms with van der Waals surface area (Å²) in [5, 5.41) is 6.09. The lowest BCUT2D eigenvalue weighted by Gasteiger charge is -2.03. The number of thiophene rings is 1. The van der Waals surface area contributed by atoms with Gasteiger partial charge in [0, 0.05) is 16.3 Å². The Bertz CT molecular complexity index is 732. The topological polar surface area (TPSA) is 68.3 Å². The minimum Gasteiger partial charge on any atom is -0.462 e. The molecule has 2 aromatic rings. The van der Waals surface area contributed by atoms with Gasteiger partial charge in [0.15, 0.2) is 0 Å². The highest BCUT2D eigenvalue weighted by Gasteiger charge is 2.17. The first-order chi connectivity index (χ1) is 11.0. The van der Waals surface area contributed by atoms with Gasteiger partial charge in [-0.05, 0) is 32.4 Å². The highest BCUT2D eigenvalue weighted by Crippen LogP contribution is 2.29. The van der Waals surface area contributed by atoms with E-state index in [1.54, 1.807) is 19.1 Å². The second kappa shape index (κ2) is 8.03. The molecule has 0 saturated heterocycles. The minimum absolute atomic E-state index is 0.298. The van der Waals surface area contributed by atoms with Crippen molar-refractivity contribution in [3.05, 3.63) is 38.7 Å². The number of aromatic nitrogens is 1. The summed E-state index contributed by atoms with van der Waals surface area (Å²) in [5.41, 5.74) is 1.15. The largest absolute Gasteiger partial charge is 0.462 e. The van der Waals surface area contributed by atoms with Crippen LogP contribution in [0.2, 0.25) is 0 Å². The normalized spacial score (nSPS) is 10.9. The Hall–Kier alpha value is -1.99. The maximum atomic E-state index is 12.1. The number of carbonyl (C=O) groups is 2. The first-order valence-corrected chi connectivity index (χ1v) is 8.94. The van der Waals surface area contributed by atoms with Crippen LogP contribution in [0.3, 0.4) is 0 Å². The van der Waals surface area contributed by atoms with E-state index in [1.807, 2.05) is 19.2 Å². The molecule has 122 valence electrons. The van der Waals surface area contributed by atoms with Gasteiger partial charge in [0.25, 0.3) is 0 Å². The van der Waals surface area contributed by atoms with E-state index >= 15 is 0 Å². The van der Waals surface area contributed by atoms with Crippen LogP contribution in [0.25, 0.3) is 6.08 Å². The van der Waals surface area contributed by atoms with Crippen molar-refractivity contribution in [1.29, 1.82) is 0 Å². The predicted molar refractivity (Wildman–Crippen MR) is 94.2 cm³/mol. The average molecular weight is 350 g/mol. The van der Waals surface area contributed by atoms with E-state index in [1.165, 1.54) is 28.7 Å². The molecule has 0 unspecified atom stereocenters. The number of thiazole rings is 1. The molecular weight excluding hydrogens is 332 g/mol. The molecule has 1 N–H and O–H groups in total. The third-order valence-corrected chi connectivity index (χ3v) is 4.89. The minimum atomic E-state index is -0.419. The van der Waals surface area contributed by atoms with E-state index in [9.17, 15) is 9.59 Å². The van der Waals surface area contributed by atoms with E-state index in [4.69, 9.17) is 4.74 Å². The number of hydrogen-bond acceptors (Lipinski definition) is 6. The number of rotatable bonds is 6. The van der Waals surface area contributed by atoms with Crippen LogP contribution in [0.15, 0.2) is 17.5 Å². The third-order valence-electron chi connectivity index (χ3n) is 2.91. The fourth-order valence-electron chi connectivity index (χ4n) is 1.84. The number of esters is 1. The summed E-state index contributed by atoms with van der Waals surface area (Å²) >= 11 is 2.91. The molecule has 0 bridgehead atoms. The zero-order chi connectivity index (χ0) is 16.8. The van der Waals surface area contributed by atoms with Gasteiger partial charge in [-0.3, -0.25) is 4.79 Å². The van der Waals surface area contributed by atoms with Crippen molar-refractivity contribution in [2.75, 3.05) is 11.9 Å². The molecule has 7 heteroatoms. The number of nitrogens with zero attached hydrogens (tertiary/aromatic N) is 1. The molecule has 0 aliphatic heterocycles. The number of ether oxygens (including phenoxy) is 1. The molecule has 5 nitrogen and oxygen atoms in total. The first-order valence-electron chi connectivity index (χ1n) is 7.24. The molecular formula is C16H18N2O3S2. The Labute approximate surface area is 143 Å². The molecule has 0 atom stereocenters. The zero-order valence-corrected chi connectivity index (χ0v) is 14.8. The van der Waals surface area contributed by atoms with Crippen LogP contribution >= 0.6 is 22.7 Å². The van der Waals surface area contributed by atoms with E-state index in [-0.39, 0.29) is 5.91 Å². The molecule has 1 amide bonds. The summed E-state index contributed by atoms with van der Waals surface area (Å²) in [6.45, 7) is 5.96. The Morgan fingerprint density at radius 2 is 2.17 bits per heavy atom. The van der Waals surface area contributed by atoms with Crippen molar-refractivity contribution in [2.24, 2.45) is 0 Å². The summed E-state index contributed by atoms with van der Waals surface area (Å²) in [6.07, 6.45) is 3.85.